The summed E-state index contributed by atoms with van der Waals surface area (Å²) < 4.78 is 0. The van der Waals surface area contributed by atoms with E-state index in [1.54, 1.807) is 6.08 Å². The first kappa shape index (κ1) is 10.0. The number of carbonyl (C=O) groups is 1. The first-order valence-electron chi connectivity index (χ1n) is 4.04. The van der Waals surface area contributed by atoms with Gasteiger partial charge < -0.3 is 0 Å². The Bertz CT molecular complexity index is 353. The molecular weight excluding hydrogens is 184 g/mol. The predicted octanol–water partition coefficient (Wildman–Crippen LogP) is 3.33. The molecule has 0 saturated carbocycles. The van der Waals surface area contributed by atoms with Gasteiger partial charge in [0.05, 0.1) is 0 Å². The molecule has 0 aliphatic heterocycles. The predicted molar refractivity (Wildman–Crippen MR) is 55.8 cm³/mol. The summed E-state index contributed by atoms with van der Waals surface area (Å²) in [6.07, 6.45) is 1.60. The summed E-state index contributed by atoms with van der Waals surface area (Å²) >= 11 is 5.81. The van der Waals surface area contributed by atoms with Gasteiger partial charge in [-0.1, -0.05) is 23.7 Å². The van der Waals surface area contributed by atoms with Gasteiger partial charge in [0.25, 0.3) is 0 Å². The highest BCUT2D eigenvalue weighted by atomic mass is 35.5. The number of ketones is 1. The molecule has 0 N–H and O–H groups in total. The van der Waals surface area contributed by atoms with Gasteiger partial charge in [0, 0.05) is 5.02 Å². The van der Waals surface area contributed by atoms with E-state index >= 15 is 0 Å². The molecule has 13 heavy (non-hydrogen) atoms. The minimum absolute atomic E-state index is 0.0532. The summed E-state index contributed by atoms with van der Waals surface area (Å²) in [4.78, 5) is 10.8. The summed E-state index contributed by atoms with van der Waals surface area (Å²) in [5.41, 5.74) is 1.93. The zero-order valence-electron chi connectivity index (χ0n) is 7.67. The highest BCUT2D eigenvalue weighted by molar-refractivity contribution is 6.30. The van der Waals surface area contributed by atoms with Crippen molar-refractivity contribution in [2.75, 3.05) is 0 Å². The van der Waals surface area contributed by atoms with Crippen molar-refractivity contribution in [3.8, 4) is 0 Å². The molecule has 1 aromatic carbocycles. The van der Waals surface area contributed by atoms with E-state index in [-0.39, 0.29) is 5.78 Å². The van der Waals surface area contributed by atoms with E-state index in [1.807, 2.05) is 31.2 Å². The molecule has 0 unspecified atom stereocenters. The third-order valence-corrected chi connectivity index (χ3v) is 1.93. The quantitative estimate of drug-likeness (QED) is 0.660. The monoisotopic (exact) mass is 194 g/mol. The van der Waals surface area contributed by atoms with Gasteiger partial charge in [-0.15, -0.1) is 0 Å². The standard InChI is InChI=1S/C11H11ClO/c1-8(6-9(2)13)10-4-3-5-11(12)7-10/h3-7H,1-2H3/b8-6-. The Kier molecular flexibility index (Phi) is 3.26. The van der Waals surface area contributed by atoms with Crippen molar-refractivity contribution in [2.45, 2.75) is 13.8 Å². The molecule has 0 bridgehead atoms. The molecule has 0 aliphatic rings. The van der Waals surface area contributed by atoms with Crippen LogP contribution in [0, 0.1) is 0 Å². The van der Waals surface area contributed by atoms with Crippen molar-refractivity contribution in [3.63, 3.8) is 0 Å². The lowest BCUT2D eigenvalue weighted by Crippen LogP contribution is -1.85. The molecule has 0 fully saturated rings. The number of benzene rings is 1. The van der Waals surface area contributed by atoms with Gasteiger partial charge in [0.15, 0.2) is 5.78 Å². The van der Waals surface area contributed by atoms with Crippen LogP contribution in [0.4, 0.5) is 0 Å². The SMILES string of the molecule is CC(=O)/C=C(/C)c1cccc(Cl)c1. The first-order valence-corrected chi connectivity index (χ1v) is 4.42. The van der Waals surface area contributed by atoms with Crippen molar-refractivity contribution in [3.05, 3.63) is 40.9 Å². The fourth-order valence-corrected chi connectivity index (χ4v) is 1.31. The second-order valence-corrected chi connectivity index (χ2v) is 3.38. The summed E-state index contributed by atoms with van der Waals surface area (Å²) in [5.74, 6) is 0.0532. The van der Waals surface area contributed by atoms with Crippen molar-refractivity contribution in [2.24, 2.45) is 0 Å². The van der Waals surface area contributed by atoms with E-state index < -0.39 is 0 Å². The van der Waals surface area contributed by atoms with E-state index in [0.717, 1.165) is 11.1 Å². The van der Waals surface area contributed by atoms with Gasteiger partial charge >= 0.3 is 0 Å². The Morgan fingerprint density at radius 2 is 2.08 bits per heavy atom. The Balaban J connectivity index is 3.02. The summed E-state index contributed by atoms with van der Waals surface area (Å²) in [7, 11) is 0. The minimum Gasteiger partial charge on any atom is -0.295 e. The molecule has 0 spiro atoms. The number of rotatable bonds is 2. The van der Waals surface area contributed by atoms with E-state index in [2.05, 4.69) is 0 Å². The molecule has 0 heterocycles. The second kappa shape index (κ2) is 4.24. The number of hydrogen-bond acceptors (Lipinski definition) is 1. The van der Waals surface area contributed by atoms with Gasteiger partial charge in [-0.05, 0) is 43.2 Å². The Hall–Kier alpha value is -1.08. The van der Waals surface area contributed by atoms with Crippen LogP contribution in [-0.2, 0) is 4.79 Å². The smallest absolute Gasteiger partial charge is 0.152 e. The van der Waals surface area contributed by atoms with Gasteiger partial charge in [0.1, 0.15) is 0 Å². The lowest BCUT2D eigenvalue weighted by Gasteiger charge is -2.00. The molecule has 0 aromatic heterocycles. The number of hydrogen-bond donors (Lipinski definition) is 0. The maximum atomic E-state index is 10.8. The molecule has 0 amide bonds. The summed E-state index contributed by atoms with van der Waals surface area (Å²) in [6, 6.07) is 7.46. The average Bonchev–Trinajstić information content (AvgIpc) is 2.03. The molecular formula is C11H11ClO. The normalized spacial score (nSPS) is 11.5. The third-order valence-electron chi connectivity index (χ3n) is 1.70. The molecule has 0 radical (unpaired) electrons. The zero-order valence-corrected chi connectivity index (χ0v) is 8.43. The summed E-state index contributed by atoms with van der Waals surface area (Å²) in [5, 5.41) is 0.689. The van der Waals surface area contributed by atoms with Crippen LogP contribution in [0.3, 0.4) is 0 Å². The Morgan fingerprint density at radius 1 is 1.38 bits per heavy atom. The van der Waals surface area contributed by atoms with Crippen LogP contribution in [0.2, 0.25) is 5.02 Å². The van der Waals surface area contributed by atoms with Crippen LogP contribution in [0.1, 0.15) is 19.4 Å². The Labute approximate surface area is 83.0 Å². The van der Waals surface area contributed by atoms with Gasteiger partial charge in [-0.25, -0.2) is 0 Å². The lowest BCUT2D eigenvalue weighted by molar-refractivity contribution is -0.112. The fraction of sp³-hybridized carbons (Fsp3) is 0.182. The van der Waals surface area contributed by atoms with Crippen LogP contribution in [0.25, 0.3) is 5.57 Å². The van der Waals surface area contributed by atoms with Crippen LogP contribution in [0.15, 0.2) is 30.3 Å². The molecule has 1 aromatic rings. The number of allylic oxidation sites excluding steroid dienone is 2. The van der Waals surface area contributed by atoms with Crippen molar-refractivity contribution in [1.29, 1.82) is 0 Å². The van der Waals surface area contributed by atoms with Gasteiger partial charge in [-0.2, -0.15) is 0 Å². The molecule has 68 valence electrons. The van der Waals surface area contributed by atoms with E-state index in [0.29, 0.717) is 5.02 Å². The lowest BCUT2D eigenvalue weighted by atomic mass is 10.1. The fourth-order valence-electron chi connectivity index (χ4n) is 1.12. The molecule has 1 nitrogen and oxygen atoms in total. The van der Waals surface area contributed by atoms with E-state index in [4.69, 9.17) is 11.6 Å². The number of halogens is 1. The molecule has 2 heteroatoms. The molecule has 0 saturated heterocycles. The van der Waals surface area contributed by atoms with Crippen LogP contribution in [-0.4, -0.2) is 5.78 Å². The maximum absolute atomic E-state index is 10.8. The number of carbonyl (C=O) groups excluding carboxylic acids is 1. The zero-order chi connectivity index (χ0) is 9.84. The highest BCUT2D eigenvalue weighted by Gasteiger charge is 1.97. The largest absolute Gasteiger partial charge is 0.295 e. The minimum atomic E-state index is 0.0532. The Morgan fingerprint density at radius 3 is 2.62 bits per heavy atom. The molecule has 0 atom stereocenters. The van der Waals surface area contributed by atoms with E-state index in [1.165, 1.54) is 6.92 Å². The van der Waals surface area contributed by atoms with Gasteiger partial charge in [0.2, 0.25) is 0 Å². The second-order valence-electron chi connectivity index (χ2n) is 2.95. The van der Waals surface area contributed by atoms with Crippen molar-refractivity contribution >= 4 is 23.0 Å². The van der Waals surface area contributed by atoms with Crippen molar-refractivity contribution < 1.29 is 4.79 Å². The first-order chi connectivity index (χ1) is 6.09. The molecule has 0 aliphatic carbocycles. The topological polar surface area (TPSA) is 17.1 Å². The van der Waals surface area contributed by atoms with Crippen LogP contribution < -0.4 is 0 Å². The molecule has 1 rings (SSSR count). The average molecular weight is 195 g/mol. The van der Waals surface area contributed by atoms with Gasteiger partial charge in [-0.3, -0.25) is 4.79 Å². The van der Waals surface area contributed by atoms with E-state index in [9.17, 15) is 4.79 Å². The third kappa shape index (κ3) is 3.03. The summed E-state index contributed by atoms with van der Waals surface area (Å²) in [6.45, 7) is 3.43. The maximum Gasteiger partial charge on any atom is 0.152 e. The van der Waals surface area contributed by atoms with Crippen molar-refractivity contribution in [1.82, 2.24) is 0 Å². The van der Waals surface area contributed by atoms with Crippen LogP contribution in [0.5, 0.6) is 0 Å². The van der Waals surface area contributed by atoms with Crippen LogP contribution >= 0.6 is 11.6 Å². The highest BCUT2D eigenvalue weighted by Crippen LogP contribution is 2.17.